The van der Waals surface area contributed by atoms with Gasteiger partial charge in [0.25, 0.3) is 0 Å². The van der Waals surface area contributed by atoms with Crippen LogP contribution in [0, 0.1) is 5.82 Å². The largest absolute Gasteiger partial charge is 0.351 e. The van der Waals surface area contributed by atoms with E-state index in [-0.39, 0.29) is 18.1 Å². The standard InChI is InChI=1S/C15H24FNO2/c1-4-17-14(15(18-5-2)19-6-3)11-12-9-7-8-10-13(12)16/h7-10,14-15,17H,4-6,11H2,1-3H3. The molecule has 0 saturated carbocycles. The summed E-state index contributed by atoms with van der Waals surface area (Å²) in [5, 5.41) is 3.31. The third-order valence-electron chi connectivity index (χ3n) is 2.85. The molecule has 4 heteroatoms. The first-order valence-electron chi connectivity index (χ1n) is 6.92. The van der Waals surface area contributed by atoms with E-state index in [1.165, 1.54) is 6.07 Å². The number of halogens is 1. The molecule has 0 aliphatic rings. The molecule has 0 fully saturated rings. The van der Waals surface area contributed by atoms with Gasteiger partial charge in [0.15, 0.2) is 6.29 Å². The molecule has 1 unspecified atom stereocenters. The molecule has 0 amide bonds. The predicted molar refractivity (Wildman–Crippen MR) is 74.6 cm³/mol. The van der Waals surface area contributed by atoms with E-state index < -0.39 is 0 Å². The first-order chi connectivity index (χ1) is 9.22. The normalized spacial score (nSPS) is 12.9. The van der Waals surface area contributed by atoms with Gasteiger partial charge in [-0.1, -0.05) is 25.1 Å². The summed E-state index contributed by atoms with van der Waals surface area (Å²) >= 11 is 0. The maximum Gasteiger partial charge on any atom is 0.172 e. The molecule has 108 valence electrons. The molecule has 1 N–H and O–H groups in total. The monoisotopic (exact) mass is 269 g/mol. The molecule has 0 aromatic heterocycles. The van der Waals surface area contributed by atoms with Crippen LogP contribution in [0.1, 0.15) is 26.3 Å². The number of rotatable bonds is 9. The number of likely N-dealkylation sites (N-methyl/N-ethyl adjacent to an activating group) is 1. The minimum absolute atomic E-state index is 0.0539. The van der Waals surface area contributed by atoms with Gasteiger partial charge in [0.1, 0.15) is 5.82 Å². The lowest BCUT2D eigenvalue weighted by atomic mass is 10.0. The Morgan fingerprint density at radius 2 is 1.74 bits per heavy atom. The van der Waals surface area contributed by atoms with Gasteiger partial charge in [-0.05, 0) is 38.4 Å². The van der Waals surface area contributed by atoms with Gasteiger partial charge >= 0.3 is 0 Å². The summed E-state index contributed by atoms with van der Waals surface area (Å²) in [5.74, 6) is -0.183. The van der Waals surface area contributed by atoms with E-state index in [1.807, 2.05) is 26.8 Å². The van der Waals surface area contributed by atoms with Crippen LogP contribution in [0.5, 0.6) is 0 Å². The van der Waals surface area contributed by atoms with Crippen LogP contribution < -0.4 is 5.32 Å². The van der Waals surface area contributed by atoms with Crippen molar-refractivity contribution in [1.29, 1.82) is 0 Å². The highest BCUT2D eigenvalue weighted by atomic mass is 19.1. The van der Waals surface area contributed by atoms with Crippen molar-refractivity contribution in [2.75, 3.05) is 19.8 Å². The molecule has 1 aromatic rings. The quantitative estimate of drug-likeness (QED) is 0.699. The Morgan fingerprint density at radius 3 is 2.26 bits per heavy atom. The minimum Gasteiger partial charge on any atom is -0.351 e. The predicted octanol–water partition coefficient (Wildman–Crippen LogP) is 2.75. The number of ether oxygens (including phenoxy) is 2. The molecule has 0 aliphatic heterocycles. The molecular formula is C15H24FNO2. The molecule has 0 radical (unpaired) electrons. The molecule has 0 heterocycles. The second-order valence-electron chi connectivity index (χ2n) is 4.24. The smallest absolute Gasteiger partial charge is 0.172 e. The summed E-state index contributed by atoms with van der Waals surface area (Å²) in [5.41, 5.74) is 0.679. The summed E-state index contributed by atoms with van der Waals surface area (Å²) < 4.78 is 24.9. The third kappa shape index (κ3) is 5.27. The van der Waals surface area contributed by atoms with Crippen LogP contribution in [-0.4, -0.2) is 32.1 Å². The average molecular weight is 269 g/mol. The van der Waals surface area contributed by atoms with Crippen molar-refractivity contribution in [1.82, 2.24) is 5.32 Å². The lowest BCUT2D eigenvalue weighted by Crippen LogP contribution is -2.44. The Labute approximate surface area is 115 Å². The number of benzene rings is 1. The molecule has 0 spiro atoms. The lowest BCUT2D eigenvalue weighted by molar-refractivity contribution is -0.153. The van der Waals surface area contributed by atoms with Gasteiger partial charge < -0.3 is 14.8 Å². The van der Waals surface area contributed by atoms with E-state index in [9.17, 15) is 4.39 Å². The van der Waals surface area contributed by atoms with Gasteiger partial charge in [-0.25, -0.2) is 4.39 Å². The van der Waals surface area contributed by atoms with Crippen LogP contribution in [0.2, 0.25) is 0 Å². The second-order valence-corrected chi connectivity index (χ2v) is 4.24. The van der Waals surface area contributed by atoms with Crippen molar-refractivity contribution >= 4 is 0 Å². The highest BCUT2D eigenvalue weighted by Gasteiger charge is 2.22. The van der Waals surface area contributed by atoms with Crippen LogP contribution in [0.4, 0.5) is 4.39 Å². The zero-order chi connectivity index (χ0) is 14.1. The summed E-state index contributed by atoms with van der Waals surface area (Å²) in [7, 11) is 0. The maximum absolute atomic E-state index is 13.7. The van der Waals surface area contributed by atoms with Crippen LogP contribution >= 0.6 is 0 Å². The van der Waals surface area contributed by atoms with Crippen LogP contribution in [-0.2, 0) is 15.9 Å². The Morgan fingerprint density at radius 1 is 1.11 bits per heavy atom. The fourth-order valence-corrected chi connectivity index (χ4v) is 2.04. The molecule has 3 nitrogen and oxygen atoms in total. The fraction of sp³-hybridized carbons (Fsp3) is 0.600. The second kappa shape index (κ2) is 9.02. The van der Waals surface area contributed by atoms with E-state index in [4.69, 9.17) is 9.47 Å². The van der Waals surface area contributed by atoms with Crippen molar-refractivity contribution in [3.05, 3.63) is 35.6 Å². The number of nitrogens with one attached hydrogen (secondary N) is 1. The number of hydrogen-bond donors (Lipinski definition) is 1. The Balaban J connectivity index is 2.77. The van der Waals surface area contributed by atoms with Crippen molar-refractivity contribution in [3.63, 3.8) is 0 Å². The first-order valence-corrected chi connectivity index (χ1v) is 6.92. The van der Waals surface area contributed by atoms with Crippen LogP contribution in [0.3, 0.4) is 0 Å². The van der Waals surface area contributed by atoms with Crippen molar-refractivity contribution in [3.8, 4) is 0 Å². The van der Waals surface area contributed by atoms with Crippen molar-refractivity contribution in [2.24, 2.45) is 0 Å². The highest BCUT2D eigenvalue weighted by Crippen LogP contribution is 2.13. The molecule has 0 bridgehead atoms. The zero-order valence-electron chi connectivity index (χ0n) is 12.0. The lowest BCUT2D eigenvalue weighted by Gasteiger charge is -2.27. The Bertz CT molecular complexity index is 354. The number of hydrogen-bond acceptors (Lipinski definition) is 3. The molecule has 1 atom stereocenters. The molecule has 0 aliphatic carbocycles. The van der Waals surface area contributed by atoms with Gasteiger partial charge in [-0.3, -0.25) is 0 Å². The van der Waals surface area contributed by atoms with E-state index in [2.05, 4.69) is 5.32 Å². The molecular weight excluding hydrogens is 245 g/mol. The minimum atomic E-state index is -0.352. The average Bonchev–Trinajstić information content (AvgIpc) is 2.40. The third-order valence-corrected chi connectivity index (χ3v) is 2.85. The van der Waals surface area contributed by atoms with Gasteiger partial charge in [0.05, 0.1) is 6.04 Å². The SMILES string of the molecule is CCNC(Cc1ccccc1F)C(OCC)OCC. The van der Waals surface area contributed by atoms with Gasteiger partial charge in [0, 0.05) is 13.2 Å². The summed E-state index contributed by atoms with van der Waals surface area (Å²) in [6.45, 7) is 7.81. The van der Waals surface area contributed by atoms with E-state index >= 15 is 0 Å². The highest BCUT2D eigenvalue weighted by molar-refractivity contribution is 5.18. The molecule has 1 rings (SSSR count). The van der Waals surface area contributed by atoms with Gasteiger partial charge in [-0.2, -0.15) is 0 Å². The summed E-state index contributed by atoms with van der Waals surface area (Å²) in [4.78, 5) is 0. The Hall–Kier alpha value is -0.970. The van der Waals surface area contributed by atoms with Crippen molar-refractivity contribution < 1.29 is 13.9 Å². The van der Waals surface area contributed by atoms with E-state index in [1.54, 1.807) is 12.1 Å². The summed E-state index contributed by atoms with van der Waals surface area (Å²) in [6.07, 6.45) is 0.195. The van der Waals surface area contributed by atoms with Crippen LogP contribution in [0.15, 0.2) is 24.3 Å². The topological polar surface area (TPSA) is 30.5 Å². The summed E-state index contributed by atoms with van der Waals surface area (Å²) in [6, 6.07) is 6.77. The van der Waals surface area contributed by atoms with Gasteiger partial charge in [-0.15, -0.1) is 0 Å². The van der Waals surface area contributed by atoms with Crippen molar-refractivity contribution in [2.45, 2.75) is 39.5 Å². The molecule has 0 saturated heterocycles. The molecule has 19 heavy (non-hydrogen) atoms. The van der Waals surface area contributed by atoms with E-state index in [0.717, 1.165) is 6.54 Å². The maximum atomic E-state index is 13.7. The fourth-order valence-electron chi connectivity index (χ4n) is 2.04. The van der Waals surface area contributed by atoms with Crippen LogP contribution in [0.25, 0.3) is 0 Å². The van der Waals surface area contributed by atoms with E-state index in [0.29, 0.717) is 25.2 Å². The zero-order valence-corrected chi connectivity index (χ0v) is 12.0. The first kappa shape index (κ1) is 16.1. The Kier molecular flexibility index (Phi) is 7.63. The molecule has 1 aromatic carbocycles. The van der Waals surface area contributed by atoms with Gasteiger partial charge in [0.2, 0.25) is 0 Å².